The van der Waals surface area contributed by atoms with Gasteiger partial charge in [0, 0.05) is 18.1 Å². The number of hydrogen-bond donors (Lipinski definition) is 1. The maximum absolute atomic E-state index is 12.8. The minimum absolute atomic E-state index is 0.0701. The van der Waals surface area contributed by atoms with Crippen LogP contribution in [-0.2, 0) is 13.1 Å². The zero-order chi connectivity index (χ0) is 17.9. The van der Waals surface area contributed by atoms with E-state index in [-0.39, 0.29) is 5.91 Å². The number of halogens is 1. The van der Waals surface area contributed by atoms with Crippen LogP contribution in [0.5, 0.6) is 0 Å². The summed E-state index contributed by atoms with van der Waals surface area (Å²) in [5.41, 5.74) is 3.89. The van der Waals surface area contributed by atoms with E-state index in [4.69, 9.17) is 11.6 Å². The fourth-order valence-electron chi connectivity index (χ4n) is 3.02. The van der Waals surface area contributed by atoms with Gasteiger partial charge in [-0.05, 0) is 40.8 Å². The van der Waals surface area contributed by atoms with Crippen LogP contribution in [0.2, 0.25) is 5.02 Å². The quantitative estimate of drug-likeness (QED) is 0.498. The van der Waals surface area contributed by atoms with Gasteiger partial charge in [0.1, 0.15) is 5.69 Å². The second-order valence-corrected chi connectivity index (χ2v) is 7.47. The first kappa shape index (κ1) is 16.9. The molecule has 130 valence electrons. The summed E-state index contributed by atoms with van der Waals surface area (Å²) >= 11 is 7.76. The van der Waals surface area contributed by atoms with Crippen molar-refractivity contribution in [3.63, 3.8) is 0 Å². The Bertz CT molecular complexity index is 1050. The normalized spacial score (nSPS) is 11.0. The summed E-state index contributed by atoms with van der Waals surface area (Å²) in [5.74, 6) is -0.0701. The minimum atomic E-state index is -0.0701. The molecule has 4 rings (SSSR count). The summed E-state index contributed by atoms with van der Waals surface area (Å²) in [7, 11) is 0. The van der Waals surface area contributed by atoms with E-state index in [2.05, 4.69) is 16.0 Å². The molecule has 3 nitrogen and oxygen atoms in total. The lowest BCUT2D eigenvalue weighted by Gasteiger charge is -2.11. The van der Waals surface area contributed by atoms with Gasteiger partial charge in [-0.15, -0.1) is 11.3 Å². The molecule has 0 unspecified atom stereocenters. The van der Waals surface area contributed by atoms with Crippen molar-refractivity contribution in [1.82, 2.24) is 9.88 Å². The Morgan fingerprint density at radius 1 is 1.00 bits per heavy atom. The van der Waals surface area contributed by atoms with E-state index in [1.807, 2.05) is 66.0 Å². The van der Waals surface area contributed by atoms with Crippen molar-refractivity contribution in [2.24, 2.45) is 0 Å². The highest BCUT2D eigenvalue weighted by Crippen LogP contribution is 2.26. The lowest BCUT2D eigenvalue weighted by atomic mass is 10.2. The van der Waals surface area contributed by atoms with Gasteiger partial charge in [-0.2, -0.15) is 0 Å². The second-order valence-electron chi connectivity index (χ2n) is 6.08. The number of amides is 1. The summed E-state index contributed by atoms with van der Waals surface area (Å²) in [5, 5.41) is 5.77. The van der Waals surface area contributed by atoms with Gasteiger partial charge in [0.25, 0.3) is 5.91 Å². The largest absolute Gasteiger partial charge is 0.347 e. The molecule has 0 aliphatic heterocycles. The first-order valence-corrected chi connectivity index (χ1v) is 9.60. The molecule has 5 heteroatoms. The van der Waals surface area contributed by atoms with Crippen molar-refractivity contribution < 1.29 is 4.79 Å². The van der Waals surface area contributed by atoms with Gasteiger partial charge in [0.15, 0.2) is 0 Å². The number of aromatic nitrogens is 1. The summed E-state index contributed by atoms with van der Waals surface area (Å²) in [6, 6.07) is 21.7. The van der Waals surface area contributed by atoms with Crippen LogP contribution in [0.15, 0.2) is 72.1 Å². The number of carbonyl (C=O) groups excluding carboxylic acids is 1. The van der Waals surface area contributed by atoms with Gasteiger partial charge < -0.3 is 9.88 Å². The average molecular weight is 381 g/mol. The van der Waals surface area contributed by atoms with Crippen LogP contribution < -0.4 is 5.32 Å². The molecule has 26 heavy (non-hydrogen) atoms. The molecule has 4 aromatic rings. The maximum Gasteiger partial charge on any atom is 0.268 e. The molecule has 2 aromatic carbocycles. The van der Waals surface area contributed by atoms with Gasteiger partial charge in [0.2, 0.25) is 0 Å². The number of thiophene rings is 1. The molecule has 0 aliphatic rings. The van der Waals surface area contributed by atoms with Crippen LogP contribution >= 0.6 is 22.9 Å². The van der Waals surface area contributed by atoms with Gasteiger partial charge >= 0.3 is 0 Å². The molecular formula is C21H17ClN2OS. The summed E-state index contributed by atoms with van der Waals surface area (Å²) in [6.45, 7) is 1.12. The third-order valence-electron chi connectivity index (χ3n) is 4.28. The fourth-order valence-corrected chi connectivity index (χ4v) is 4.06. The van der Waals surface area contributed by atoms with E-state index in [9.17, 15) is 4.79 Å². The van der Waals surface area contributed by atoms with Crippen LogP contribution in [0.4, 0.5) is 0 Å². The molecule has 0 aliphatic carbocycles. The van der Waals surface area contributed by atoms with Crippen molar-refractivity contribution in [1.29, 1.82) is 0 Å². The predicted octanol–water partition coefficient (Wildman–Crippen LogP) is 5.33. The van der Waals surface area contributed by atoms with Crippen molar-refractivity contribution in [3.05, 3.63) is 94.0 Å². The highest BCUT2D eigenvalue weighted by Gasteiger charge is 2.16. The molecular weight excluding hydrogens is 364 g/mol. The number of rotatable bonds is 5. The first-order valence-electron chi connectivity index (χ1n) is 8.34. The molecule has 0 spiro atoms. The Labute approximate surface area is 160 Å². The van der Waals surface area contributed by atoms with Crippen molar-refractivity contribution in [2.75, 3.05) is 0 Å². The molecule has 2 aromatic heterocycles. The van der Waals surface area contributed by atoms with E-state index in [1.165, 1.54) is 0 Å². The zero-order valence-corrected chi connectivity index (χ0v) is 15.6. The van der Waals surface area contributed by atoms with Crippen LogP contribution in [-0.4, -0.2) is 10.5 Å². The summed E-state index contributed by atoms with van der Waals surface area (Å²) in [6.07, 6.45) is 0. The van der Waals surface area contributed by atoms with Crippen LogP contribution in [0.3, 0.4) is 0 Å². The molecule has 0 radical (unpaired) electrons. The Morgan fingerprint density at radius 3 is 2.62 bits per heavy atom. The molecule has 0 fully saturated rings. The van der Waals surface area contributed by atoms with Crippen LogP contribution in [0.25, 0.3) is 10.2 Å². The van der Waals surface area contributed by atoms with Gasteiger partial charge in [-0.25, -0.2) is 0 Å². The third-order valence-corrected chi connectivity index (χ3v) is 5.37. The van der Waals surface area contributed by atoms with Gasteiger partial charge in [-0.3, -0.25) is 4.79 Å². The number of fused-ring (bicyclic) bond motifs is 1. The van der Waals surface area contributed by atoms with Crippen LogP contribution in [0, 0.1) is 0 Å². The average Bonchev–Trinajstić information content (AvgIpc) is 3.23. The van der Waals surface area contributed by atoms with E-state index < -0.39 is 0 Å². The lowest BCUT2D eigenvalue weighted by molar-refractivity contribution is 0.0942. The van der Waals surface area contributed by atoms with Crippen LogP contribution in [0.1, 0.15) is 21.6 Å². The molecule has 0 bridgehead atoms. The Kier molecular flexibility index (Phi) is 4.78. The number of carbonyl (C=O) groups is 1. The lowest BCUT2D eigenvalue weighted by Crippen LogP contribution is -2.25. The SMILES string of the molecule is O=C(NCc1ccccc1)c1cc2sccc2n1Cc1cccc(Cl)c1. The number of nitrogens with one attached hydrogen (secondary N) is 1. The number of benzene rings is 2. The Balaban J connectivity index is 1.62. The number of hydrogen-bond acceptors (Lipinski definition) is 2. The Hall–Kier alpha value is -2.56. The highest BCUT2D eigenvalue weighted by molar-refractivity contribution is 7.17. The first-order chi connectivity index (χ1) is 12.7. The summed E-state index contributed by atoms with van der Waals surface area (Å²) in [4.78, 5) is 12.8. The third kappa shape index (κ3) is 3.52. The number of nitrogens with zero attached hydrogens (tertiary/aromatic N) is 1. The van der Waals surface area contributed by atoms with Crippen molar-refractivity contribution >= 4 is 39.1 Å². The second kappa shape index (κ2) is 7.36. The maximum atomic E-state index is 12.8. The monoisotopic (exact) mass is 380 g/mol. The molecule has 1 amide bonds. The Morgan fingerprint density at radius 2 is 1.81 bits per heavy atom. The van der Waals surface area contributed by atoms with E-state index in [1.54, 1.807) is 11.3 Å². The predicted molar refractivity (Wildman–Crippen MR) is 108 cm³/mol. The van der Waals surface area contributed by atoms with Crippen molar-refractivity contribution in [3.8, 4) is 0 Å². The molecule has 0 atom stereocenters. The van der Waals surface area contributed by atoms with Gasteiger partial charge in [0.05, 0.1) is 10.2 Å². The van der Waals surface area contributed by atoms with Crippen molar-refractivity contribution in [2.45, 2.75) is 13.1 Å². The topological polar surface area (TPSA) is 34.0 Å². The molecule has 0 saturated carbocycles. The summed E-state index contributed by atoms with van der Waals surface area (Å²) < 4.78 is 3.16. The molecule has 0 saturated heterocycles. The van der Waals surface area contributed by atoms with E-state index in [0.717, 1.165) is 21.3 Å². The van der Waals surface area contributed by atoms with E-state index >= 15 is 0 Å². The highest BCUT2D eigenvalue weighted by atomic mass is 35.5. The zero-order valence-electron chi connectivity index (χ0n) is 14.0. The standard InChI is InChI=1S/C21H17ClN2OS/c22-17-8-4-7-16(11-17)14-24-18-9-10-26-20(18)12-19(24)21(25)23-13-15-5-2-1-3-6-15/h1-12H,13-14H2,(H,23,25). The van der Waals surface area contributed by atoms with Gasteiger partial charge in [-0.1, -0.05) is 54.1 Å². The smallest absolute Gasteiger partial charge is 0.268 e. The van der Waals surface area contributed by atoms with E-state index in [0.29, 0.717) is 23.8 Å². The molecule has 2 heterocycles. The fraction of sp³-hybridized carbons (Fsp3) is 0.0952. The minimum Gasteiger partial charge on any atom is -0.347 e. The molecule has 1 N–H and O–H groups in total.